The van der Waals surface area contributed by atoms with Crippen molar-refractivity contribution in [2.24, 2.45) is 0 Å². The second kappa shape index (κ2) is 8.35. The number of nitrogens with zero attached hydrogens (tertiary/aromatic N) is 2. The number of alkyl halides is 1. The van der Waals surface area contributed by atoms with E-state index in [1.165, 1.54) is 6.20 Å². The topological polar surface area (TPSA) is 65.4 Å². The van der Waals surface area contributed by atoms with Crippen LogP contribution in [-0.2, 0) is 0 Å². The van der Waals surface area contributed by atoms with E-state index < -0.39 is 6.67 Å². The molecule has 0 fully saturated rings. The van der Waals surface area contributed by atoms with E-state index in [1.54, 1.807) is 25.1 Å². The molecule has 2 aromatic carbocycles. The Kier molecular flexibility index (Phi) is 5.71. The maximum absolute atomic E-state index is 12.3. The highest BCUT2D eigenvalue weighted by Gasteiger charge is 2.15. The number of hydrogen-bond acceptors (Lipinski definition) is 4. The molecule has 6 nitrogen and oxygen atoms in total. The zero-order chi connectivity index (χ0) is 19.2. The second-order valence-corrected chi connectivity index (χ2v) is 5.68. The van der Waals surface area contributed by atoms with E-state index in [2.05, 4.69) is 10.3 Å². The minimum Gasteiger partial charge on any atom is -0.496 e. The van der Waals surface area contributed by atoms with Crippen LogP contribution in [-0.4, -0.2) is 42.9 Å². The third-order valence-electron chi connectivity index (χ3n) is 4.11. The third kappa shape index (κ3) is 3.76. The zero-order valence-corrected chi connectivity index (χ0v) is 15.1. The highest BCUT2D eigenvalue weighted by Crippen LogP contribution is 2.38. The van der Waals surface area contributed by atoms with E-state index in [-0.39, 0.29) is 12.5 Å². The van der Waals surface area contributed by atoms with E-state index >= 15 is 0 Å². The van der Waals surface area contributed by atoms with Crippen LogP contribution in [0.25, 0.3) is 16.8 Å². The molecule has 1 aromatic heterocycles. The Balaban J connectivity index is 1.94. The van der Waals surface area contributed by atoms with E-state index in [0.29, 0.717) is 17.2 Å². The highest BCUT2D eigenvalue weighted by atomic mass is 19.1. The Bertz CT molecular complexity index is 900. The number of imidazole rings is 1. The minimum absolute atomic E-state index is 0.0312. The average Bonchev–Trinajstić information content (AvgIpc) is 3.21. The molecule has 7 heteroatoms. The van der Waals surface area contributed by atoms with Gasteiger partial charge >= 0.3 is 0 Å². The predicted octanol–water partition coefficient (Wildman–Crippen LogP) is 3.26. The first-order chi connectivity index (χ1) is 13.2. The Morgan fingerprint density at radius 2 is 1.78 bits per heavy atom. The summed E-state index contributed by atoms with van der Waals surface area (Å²) in [5.41, 5.74) is 2.86. The number of halogens is 1. The van der Waals surface area contributed by atoms with Crippen LogP contribution in [0.3, 0.4) is 0 Å². The molecule has 0 unspecified atom stereocenters. The van der Waals surface area contributed by atoms with Gasteiger partial charge in [0, 0.05) is 12.2 Å². The molecule has 3 aromatic rings. The van der Waals surface area contributed by atoms with Crippen molar-refractivity contribution >= 4 is 5.91 Å². The molecule has 1 N–H and O–H groups in total. The highest BCUT2D eigenvalue weighted by molar-refractivity contribution is 5.93. The molecule has 0 aliphatic rings. The fraction of sp³-hybridized carbons (Fsp3) is 0.200. The largest absolute Gasteiger partial charge is 0.496 e. The fourth-order valence-corrected chi connectivity index (χ4v) is 2.84. The number of carbonyl (C=O) groups excluding carboxylic acids is 1. The molecule has 0 aliphatic heterocycles. The van der Waals surface area contributed by atoms with Gasteiger partial charge < -0.3 is 14.8 Å². The molecule has 27 heavy (non-hydrogen) atoms. The maximum atomic E-state index is 12.3. The summed E-state index contributed by atoms with van der Waals surface area (Å²) in [6, 6.07) is 13.2. The van der Waals surface area contributed by atoms with Crippen LogP contribution in [0.15, 0.2) is 55.0 Å². The van der Waals surface area contributed by atoms with Crippen LogP contribution in [0.1, 0.15) is 10.5 Å². The van der Waals surface area contributed by atoms with Gasteiger partial charge in [-0.05, 0) is 29.8 Å². The Hall–Kier alpha value is -3.35. The van der Waals surface area contributed by atoms with E-state index in [4.69, 9.17) is 9.47 Å². The number of aromatic nitrogens is 2. The van der Waals surface area contributed by atoms with Gasteiger partial charge in [0.15, 0.2) is 0 Å². The molecule has 0 spiro atoms. The molecule has 0 radical (unpaired) electrons. The summed E-state index contributed by atoms with van der Waals surface area (Å²) in [6.45, 7) is -0.647. The van der Waals surface area contributed by atoms with Crippen molar-refractivity contribution in [2.75, 3.05) is 27.4 Å². The number of rotatable bonds is 7. The summed E-state index contributed by atoms with van der Waals surface area (Å²) in [4.78, 5) is 16.2. The predicted molar refractivity (Wildman–Crippen MR) is 100 cm³/mol. The van der Waals surface area contributed by atoms with Crippen molar-refractivity contribution < 1.29 is 18.7 Å². The van der Waals surface area contributed by atoms with Gasteiger partial charge in [-0.3, -0.25) is 9.36 Å². The van der Waals surface area contributed by atoms with Crippen molar-refractivity contribution in [3.05, 3.63) is 60.7 Å². The number of ether oxygens (including phenoxy) is 2. The lowest BCUT2D eigenvalue weighted by molar-refractivity contribution is 0.0944. The number of hydrogen-bond donors (Lipinski definition) is 1. The molecule has 1 heterocycles. The van der Waals surface area contributed by atoms with E-state index in [1.807, 2.05) is 42.5 Å². The van der Waals surface area contributed by atoms with Gasteiger partial charge in [0.25, 0.3) is 5.91 Å². The number of nitrogens with one attached hydrogen (secondary N) is 1. The van der Waals surface area contributed by atoms with Gasteiger partial charge in [-0.15, -0.1) is 0 Å². The summed E-state index contributed by atoms with van der Waals surface area (Å²) in [6.07, 6.45) is 2.99. The first kappa shape index (κ1) is 18.4. The van der Waals surface area contributed by atoms with E-state index in [9.17, 15) is 9.18 Å². The van der Waals surface area contributed by atoms with Gasteiger partial charge in [-0.2, -0.15) is 0 Å². The summed E-state index contributed by atoms with van der Waals surface area (Å²) in [5.74, 6) is 1.03. The van der Waals surface area contributed by atoms with Gasteiger partial charge in [0.05, 0.1) is 32.3 Å². The van der Waals surface area contributed by atoms with Crippen molar-refractivity contribution in [3.8, 4) is 28.3 Å². The average molecular weight is 369 g/mol. The Morgan fingerprint density at radius 3 is 2.37 bits per heavy atom. The molecule has 0 saturated carbocycles. The fourth-order valence-electron chi connectivity index (χ4n) is 2.84. The van der Waals surface area contributed by atoms with Crippen molar-refractivity contribution in [2.45, 2.75) is 0 Å². The van der Waals surface area contributed by atoms with Crippen molar-refractivity contribution in [1.82, 2.24) is 14.9 Å². The molecule has 0 aliphatic carbocycles. The molecular weight excluding hydrogens is 349 g/mol. The molecule has 0 atom stereocenters. The summed E-state index contributed by atoms with van der Waals surface area (Å²) >= 11 is 0. The monoisotopic (exact) mass is 369 g/mol. The maximum Gasteiger partial charge on any atom is 0.270 e. The lowest BCUT2D eigenvalue weighted by Crippen LogP contribution is -2.27. The number of methoxy groups -OCH3 is 2. The normalized spacial score (nSPS) is 10.5. The van der Waals surface area contributed by atoms with Crippen LogP contribution in [0, 0.1) is 0 Å². The number of amides is 1. The molecule has 1 amide bonds. The van der Waals surface area contributed by atoms with Gasteiger partial charge in [-0.25, -0.2) is 9.37 Å². The summed E-state index contributed by atoms with van der Waals surface area (Å²) in [7, 11) is 3.22. The lowest BCUT2D eigenvalue weighted by Gasteiger charge is -2.14. The van der Waals surface area contributed by atoms with Crippen LogP contribution in [0.4, 0.5) is 4.39 Å². The van der Waals surface area contributed by atoms with Crippen LogP contribution < -0.4 is 14.8 Å². The quantitative estimate of drug-likeness (QED) is 0.694. The Labute approximate surface area is 156 Å². The number of carbonyl (C=O) groups is 1. The third-order valence-corrected chi connectivity index (χ3v) is 4.11. The first-order valence-electron chi connectivity index (χ1n) is 8.38. The van der Waals surface area contributed by atoms with Gasteiger partial charge in [0.1, 0.15) is 23.9 Å². The molecular formula is C20H20FN3O3. The molecule has 3 rings (SSSR count). The van der Waals surface area contributed by atoms with Crippen LogP contribution >= 0.6 is 0 Å². The van der Waals surface area contributed by atoms with Crippen LogP contribution in [0.5, 0.6) is 11.5 Å². The molecule has 140 valence electrons. The molecule has 0 saturated heterocycles. The zero-order valence-electron chi connectivity index (χ0n) is 15.1. The SMILES string of the molecule is COc1cccc(OC)c1-c1ccc(-n2cncc2C(=O)NCCF)cc1. The van der Waals surface area contributed by atoms with Gasteiger partial charge in [-0.1, -0.05) is 18.2 Å². The lowest BCUT2D eigenvalue weighted by atomic mass is 10.0. The van der Waals surface area contributed by atoms with Crippen molar-refractivity contribution in [1.29, 1.82) is 0 Å². The molecule has 0 bridgehead atoms. The standard InChI is InChI=1S/C20H20FN3O3/c1-26-17-4-3-5-18(27-2)19(17)14-6-8-15(9-7-14)24-13-22-12-16(24)20(25)23-11-10-21/h3-9,12-13H,10-11H2,1-2H3,(H,23,25). The smallest absolute Gasteiger partial charge is 0.270 e. The Morgan fingerprint density at radius 1 is 1.11 bits per heavy atom. The second-order valence-electron chi connectivity index (χ2n) is 5.68. The van der Waals surface area contributed by atoms with E-state index in [0.717, 1.165) is 16.8 Å². The van der Waals surface area contributed by atoms with Crippen molar-refractivity contribution in [3.63, 3.8) is 0 Å². The number of benzene rings is 2. The minimum atomic E-state index is -0.616. The first-order valence-corrected chi connectivity index (χ1v) is 8.38. The summed E-state index contributed by atoms with van der Waals surface area (Å²) < 4.78 is 24.8. The van der Waals surface area contributed by atoms with Gasteiger partial charge in [0.2, 0.25) is 0 Å². The summed E-state index contributed by atoms with van der Waals surface area (Å²) in [5, 5.41) is 2.50. The van der Waals surface area contributed by atoms with Crippen LogP contribution in [0.2, 0.25) is 0 Å².